The standard InChI is InChI=1S/C25H25FN4O4S/c26-19-3-1-16(2-4-19)17-7-10-30(11-8-17)25(31)21-15-28-24(35(27,32)33)14-22(21)29-20-5-6-23-18(13-20)9-12-34-23/h1-6,13-15,17H,7-12H2,(H,28,29)(H2,27,32,33). The zero-order valence-electron chi connectivity index (χ0n) is 18.9. The summed E-state index contributed by atoms with van der Waals surface area (Å²) >= 11 is 0. The van der Waals surface area contributed by atoms with Crippen molar-refractivity contribution in [3.05, 3.63) is 77.2 Å². The molecule has 0 spiro atoms. The van der Waals surface area contributed by atoms with Crippen LogP contribution in [0.5, 0.6) is 5.75 Å². The molecule has 2 aliphatic rings. The molecule has 1 aromatic heterocycles. The molecule has 3 heterocycles. The molecule has 10 heteroatoms. The average Bonchev–Trinajstić information content (AvgIpc) is 3.32. The zero-order valence-corrected chi connectivity index (χ0v) is 19.7. The van der Waals surface area contributed by atoms with Gasteiger partial charge in [-0.3, -0.25) is 4.79 Å². The Morgan fingerprint density at radius 1 is 1.11 bits per heavy atom. The molecule has 2 aliphatic heterocycles. The Morgan fingerprint density at radius 3 is 2.57 bits per heavy atom. The predicted octanol–water partition coefficient (Wildman–Crippen LogP) is 3.57. The van der Waals surface area contributed by atoms with E-state index in [4.69, 9.17) is 9.88 Å². The SMILES string of the molecule is NS(=O)(=O)c1cc(Nc2ccc3c(c2)CCO3)c(C(=O)N2CCC(c3ccc(F)cc3)CC2)cn1. The number of sulfonamides is 1. The van der Waals surface area contributed by atoms with Crippen LogP contribution in [0.4, 0.5) is 15.8 Å². The van der Waals surface area contributed by atoms with E-state index in [0.717, 1.165) is 36.1 Å². The van der Waals surface area contributed by atoms with Crippen LogP contribution >= 0.6 is 0 Å². The minimum absolute atomic E-state index is 0.244. The van der Waals surface area contributed by atoms with Gasteiger partial charge in [-0.1, -0.05) is 12.1 Å². The maximum Gasteiger partial charge on any atom is 0.257 e. The van der Waals surface area contributed by atoms with Gasteiger partial charge in [-0.2, -0.15) is 0 Å². The molecule has 3 aromatic rings. The predicted molar refractivity (Wildman–Crippen MR) is 129 cm³/mol. The van der Waals surface area contributed by atoms with Gasteiger partial charge in [0.1, 0.15) is 11.6 Å². The van der Waals surface area contributed by atoms with E-state index in [9.17, 15) is 17.6 Å². The fourth-order valence-corrected chi connectivity index (χ4v) is 5.09. The monoisotopic (exact) mass is 496 g/mol. The smallest absolute Gasteiger partial charge is 0.257 e. The number of fused-ring (bicyclic) bond motifs is 1. The van der Waals surface area contributed by atoms with Crippen molar-refractivity contribution < 1.29 is 22.3 Å². The number of carbonyl (C=O) groups is 1. The van der Waals surface area contributed by atoms with Crippen molar-refractivity contribution in [2.45, 2.75) is 30.2 Å². The third kappa shape index (κ3) is 4.98. The van der Waals surface area contributed by atoms with E-state index < -0.39 is 10.0 Å². The maximum absolute atomic E-state index is 13.4. The molecular weight excluding hydrogens is 471 g/mol. The van der Waals surface area contributed by atoms with E-state index in [1.54, 1.807) is 17.0 Å². The molecule has 35 heavy (non-hydrogen) atoms. The highest BCUT2D eigenvalue weighted by atomic mass is 32.2. The number of aromatic nitrogens is 1. The van der Waals surface area contributed by atoms with Gasteiger partial charge in [0, 0.05) is 37.5 Å². The fourth-order valence-electron chi connectivity index (χ4n) is 4.61. The van der Waals surface area contributed by atoms with Crippen LogP contribution in [-0.2, 0) is 16.4 Å². The number of anilines is 2. The second-order valence-corrected chi connectivity index (χ2v) is 10.3. The van der Waals surface area contributed by atoms with Crippen molar-refractivity contribution in [2.24, 2.45) is 5.14 Å². The van der Waals surface area contributed by atoms with Gasteiger partial charge in [-0.15, -0.1) is 0 Å². The van der Waals surface area contributed by atoms with Gasteiger partial charge < -0.3 is 15.0 Å². The molecule has 0 saturated carbocycles. The molecule has 182 valence electrons. The highest BCUT2D eigenvalue weighted by molar-refractivity contribution is 7.89. The first kappa shape index (κ1) is 23.3. The third-order valence-corrected chi connectivity index (χ3v) is 7.30. The van der Waals surface area contributed by atoms with Gasteiger partial charge >= 0.3 is 0 Å². The van der Waals surface area contributed by atoms with Gasteiger partial charge in [0.05, 0.1) is 17.9 Å². The largest absolute Gasteiger partial charge is 0.493 e. The molecule has 8 nitrogen and oxygen atoms in total. The third-order valence-electron chi connectivity index (χ3n) is 6.49. The summed E-state index contributed by atoms with van der Waals surface area (Å²) in [5.74, 6) is 0.542. The summed E-state index contributed by atoms with van der Waals surface area (Å²) in [6.07, 6.45) is 3.52. The summed E-state index contributed by atoms with van der Waals surface area (Å²) in [4.78, 5) is 19.1. The molecule has 5 rings (SSSR count). The molecular formula is C25H25FN4O4S. The number of rotatable bonds is 5. The summed E-state index contributed by atoms with van der Waals surface area (Å²) in [5.41, 5.74) is 3.36. The van der Waals surface area contributed by atoms with Gasteiger partial charge in [0.2, 0.25) is 0 Å². The van der Waals surface area contributed by atoms with Crippen LogP contribution in [-0.4, -0.2) is 43.9 Å². The number of halogens is 1. The topological polar surface area (TPSA) is 115 Å². The van der Waals surface area contributed by atoms with Crippen LogP contribution in [0.1, 0.15) is 40.2 Å². The zero-order chi connectivity index (χ0) is 24.6. The number of benzene rings is 2. The van der Waals surface area contributed by atoms with Crippen molar-refractivity contribution in [1.29, 1.82) is 0 Å². The van der Waals surface area contributed by atoms with Gasteiger partial charge in [0.15, 0.2) is 5.03 Å². The molecule has 0 radical (unpaired) electrons. The summed E-state index contributed by atoms with van der Waals surface area (Å²) in [6.45, 7) is 1.65. The van der Waals surface area contributed by atoms with Crippen LogP contribution in [0.25, 0.3) is 0 Å². The summed E-state index contributed by atoms with van der Waals surface area (Å²) in [5, 5.41) is 8.14. The quantitative estimate of drug-likeness (QED) is 0.558. The van der Waals surface area contributed by atoms with Crippen molar-refractivity contribution in [3.8, 4) is 5.75 Å². The maximum atomic E-state index is 13.4. The van der Waals surface area contributed by atoms with E-state index in [0.29, 0.717) is 31.1 Å². The van der Waals surface area contributed by atoms with Crippen LogP contribution in [0.15, 0.2) is 59.8 Å². The van der Waals surface area contributed by atoms with Crippen molar-refractivity contribution >= 4 is 27.3 Å². The Kier molecular flexibility index (Phi) is 6.16. The van der Waals surface area contributed by atoms with Crippen LogP contribution < -0.4 is 15.2 Å². The summed E-state index contributed by atoms with van der Waals surface area (Å²) < 4.78 is 42.6. The molecule has 1 fully saturated rings. The Balaban J connectivity index is 1.38. The number of hydrogen-bond acceptors (Lipinski definition) is 6. The van der Waals surface area contributed by atoms with E-state index >= 15 is 0 Å². The summed E-state index contributed by atoms with van der Waals surface area (Å²) in [6, 6.07) is 13.3. The normalized spacial score (nSPS) is 16.0. The van der Waals surface area contributed by atoms with E-state index in [1.165, 1.54) is 24.4 Å². The molecule has 0 unspecified atom stereocenters. The van der Waals surface area contributed by atoms with Crippen LogP contribution in [0.3, 0.4) is 0 Å². The lowest BCUT2D eigenvalue weighted by Crippen LogP contribution is -2.38. The lowest BCUT2D eigenvalue weighted by Gasteiger charge is -2.32. The molecule has 0 bridgehead atoms. The second-order valence-electron chi connectivity index (χ2n) is 8.78. The van der Waals surface area contributed by atoms with Crippen LogP contribution in [0, 0.1) is 5.82 Å². The van der Waals surface area contributed by atoms with Crippen molar-refractivity contribution in [3.63, 3.8) is 0 Å². The van der Waals surface area contributed by atoms with Crippen LogP contribution in [0.2, 0.25) is 0 Å². The van der Waals surface area contributed by atoms with E-state index in [2.05, 4.69) is 10.3 Å². The fraction of sp³-hybridized carbons (Fsp3) is 0.280. The summed E-state index contributed by atoms with van der Waals surface area (Å²) in [7, 11) is -4.06. The number of piperidine rings is 1. The van der Waals surface area contributed by atoms with Crippen molar-refractivity contribution in [1.82, 2.24) is 9.88 Å². The number of nitrogens with zero attached hydrogens (tertiary/aromatic N) is 2. The Bertz CT molecular complexity index is 1370. The number of hydrogen-bond donors (Lipinski definition) is 2. The highest BCUT2D eigenvalue weighted by Crippen LogP contribution is 2.32. The van der Waals surface area contributed by atoms with Gasteiger partial charge in [-0.05, 0) is 60.2 Å². The van der Waals surface area contributed by atoms with Gasteiger partial charge in [-0.25, -0.2) is 22.9 Å². The van der Waals surface area contributed by atoms with Crippen molar-refractivity contribution in [2.75, 3.05) is 25.0 Å². The highest BCUT2D eigenvalue weighted by Gasteiger charge is 2.27. The lowest BCUT2D eigenvalue weighted by atomic mass is 9.89. The average molecular weight is 497 g/mol. The van der Waals surface area contributed by atoms with Gasteiger partial charge in [0.25, 0.3) is 15.9 Å². The number of nitrogens with one attached hydrogen (secondary N) is 1. The second kappa shape index (κ2) is 9.27. The Morgan fingerprint density at radius 2 is 1.86 bits per heavy atom. The number of pyridine rings is 1. The Labute approximate surface area is 203 Å². The first-order valence-electron chi connectivity index (χ1n) is 11.4. The first-order valence-corrected chi connectivity index (χ1v) is 12.9. The number of nitrogens with two attached hydrogens (primary N) is 1. The molecule has 1 amide bonds. The molecule has 0 aliphatic carbocycles. The number of ether oxygens (including phenoxy) is 1. The molecule has 2 aromatic carbocycles. The Hall–Kier alpha value is -3.50. The molecule has 3 N–H and O–H groups in total. The molecule has 1 saturated heterocycles. The first-order chi connectivity index (χ1) is 16.8. The number of carbonyl (C=O) groups excluding carboxylic acids is 1. The number of amides is 1. The number of likely N-dealkylation sites (tertiary alicyclic amines) is 1. The van der Waals surface area contributed by atoms with E-state index in [-0.39, 0.29) is 28.2 Å². The minimum atomic E-state index is -4.06. The lowest BCUT2D eigenvalue weighted by molar-refractivity contribution is 0.0713. The van der Waals surface area contributed by atoms with E-state index in [1.807, 2.05) is 18.2 Å². The minimum Gasteiger partial charge on any atom is -0.493 e. The molecule has 0 atom stereocenters. The number of primary sulfonamides is 1.